The molecule has 0 atom stereocenters. The van der Waals surface area contributed by atoms with Gasteiger partial charge in [0.15, 0.2) is 0 Å². The van der Waals surface area contributed by atoms with Gasteiger partial charge in [0.1, 0.15) is 0 Å². The molecule has 1 aromatic rings. The molecule has 0 saturated heterocycles. The van der Waals surface area contributed by atoms with Gasteiger partial charge in [-0.25, -0.2) is 0 Å². The standard InChI is InChI=1S/C4H4N.Co/c1-2-4-5-3-1;/h1-4H;/q-1;. The molecule has 1 nitrogen and oxygen atoms in total. The largest absolute Gasteiger partial charge is 0.670 e. The zero-order valence-corrected chi connectivity index (χ0v) is 4.13. The maximum Gasteiger partial charge on any atom is 0 e. The third kappa shape index (κ3) is 1.28. The van der Waals surface area contributed by atoms with Crippen LogP contribution in [0.1, 0.15) is 0 Å². The molecule has 1 radical (unpaired) electrons. The van der Waals surface area contributed by atoms with Gasteiger partial charge in [-0.3, -0.25) is 0 Å². The van der Waals surface area contributed by atoms with Gasteiger partial charge in [0, 0.05) is 16.8 Å². The molecule has 0 spiro atoms. The summed E-state index contributed by atoms with van der Waals surface area (Å²) >= 11 is 0. The van der Waals surface area contributed by atoms with E-state index >= 15 is 0 Å². The summed E-state index contributed by atoms with van der Waals surface area (Å²) in [6, 6.07) is 3.78. The fourth-order valence-electron chi connectivity index (χ4n) is 0.248. The molecule has 0 aromatic carbocycles. The summed E-state index contributed by atoms with van der Waals surface area (Å²) in [5.74, 6) is 0. The quantitative estimate of drug-likeness (QED) is 0.496. The van der Waals surface area contributed by atoms with E-state index in [4.69, 9.17) is 0 Å². The maximum atomic E-state index is 3.72. The minimum absolute atomic E-state index is 0. The van der Waals surface area contributed by atoms with Gasteiger partial charge in [-0.05, 0) is 0 Å². The summed E-state index contributed by atoms with van der Waals surface area (Å²) in [5.41, 5.74) is 0. The van der Waals surface area contributed by atoms with Crippen LogP contribution in [0.25, 0.3) is 0 Å². The van der Waals surface area contributed by atoms with Crippen molar-refractivity contribution in [1.29, 1.82) is 0 Å². The minimum Gasteiger partial charge on any atom is -0.670 e. The number of rotatable bonds is 0. The number of aromatic nitrogens is 1. The van der Waals surface area contributed by atoms with Crippen LogP contribution in [0.5, 0.6) is 0 Å². The fraction of sp³-hybridized carbons (Fsp3) is 0. The maximum absolute atomic E-state index is 3.72. The van der Waals surface area contributed by atoms with Gasteiger partial charge in [-0.15, -0.1) is 0 Å². The van der Waals surface area contributed by atoms with Crippen molar-refractivity contribution in [2.24, 2.45) is 0 Å². The van der Waals surface area contributed by atoms with Crippen molar-refractivity contribution in [1.82, 2.24) is 4.98 Å². The second kappa shape index (κ2) is 3.00. The van der Waals surface area contributed by atoms with Crippen LogP contribution in [0.15, 0.2) is 24.5 Å². The second-order valence-corrected chi connectivity index (χ2v) is 0.832. The van der Waals surface area contributed by atoms with Crippen molar-refractivity contribution in [3.05, 3.63) is 24.5 Å². The van der Waals surface area contributed by atoms with E-state index in [1.54, 1.807) is 12.4 Å². The molecule has 0 fully saturated rings. The molecule has 0 saturated carbocycles. The van der Waals surface area contributed by atoms with Crippen LogP contribution >= 0.6 is 0 Å². The van der Waals surface area contributed by atoms with Crippen LogP contribution in [0.4, 0.5) is 0 Å². The normalized spacial score (nSPS) is 6.67. The Hall–Kier alpha value is -0.214. The molecular weight excluding hydrogens is 121 g/mol. The first-order valence-corrected chi connectivity index (χ1v) is 1.52. The van der Waals surface area contributed by atoms with E-state index in [9.17, 15) is 0 Å². The molecule has 0 N–H and O–H groups in total. The summed E-state index contributed by atoms with van der Waals surface area (Å²) in [7, 11) is 0. The molecule has 0 amide bonds. The molecule has 6 heavy (non-hydrogen) atoms. The Labute approximate surface area is 47.0 Å². The number of hydrogen-bond donors (Lipinski definition) is 0. The SMILES string of the molecule is [Co].c1cc[n-]c1. The van der Waals surface area contributed by atoms with Gasteiger partial charge < -0.3 is 4.98 Å². The van der Waals surface area contributed by atoms with Gasteiger partial charge in [0.25, 0.3) is 0 Å². The molecule has 35 valence electrons. The predicted molar refractivity (Wildman–Crippen MR) is 19.8 cm³/mol. The smallest absolute Gasteiger partial charge is 0 e. The molecule has 0 aliphatic heterocycles. The predicted octanol–water partition coefficient (Wildman–Crippen LogP) is 0.641. The zero-order chi connectivity index (χ0) is 3.54. The van der Waals surface area contributed by atoms with Gasteiger partial charge in [-0.1, -0.05) is 12.1 Å². The van der Waals surface area contributed by atoms with Crippen LogP contribution in [0.2, 0.25) is 0 Å². The van der Waals surface area contributed by atoms with E-state index in [1.165, 1.54) is 0 Å². The Morgan fingerprint density at radius 3 is 1.67 bits per heavy atom. The second-order valence-electron chi connectivity index (χ2n) is 0.832. The van der Waals surface area contributed by atoms with Crippen LogP contribution in [-0.2, 0) is 16.8 Å². The summed E-state index contributed by atoms with van der Waals surface area (Å²) in [6.45, 7) is 0. The van der Waals surface area contributed by atoms with E-state index in [1.807, 2.05) is 12.1 Å². The zero-order valence-electron chi connectivity index (χ0n) is 3.09. The Kier molecular flexibility index (Phi) is 2.89. The Bertz CT molecular complexity index is 64.0. The monoisotopic (exact) mass is 125 g/mol. The van der Waals surface area contributed by atoms with Crippen LogP contribution in [0.3, 0.4) is 0 Å². The first kappa shape index (κ1) is 5.79. The summed E-state index contributed by atoms with van der Waals surface area (Å²) < 4.78 is 0. The van der Waals surface area contributed by atoms with Crippen LogP contribution < -0.4 is 4.98 Å². The average Bonchev–Trinajstić information content (AvgIpc) is 1.76. The summed E-state index contributed by atoms with van der Waals surface area (Å²) in [5, 5.41) is 0. The first-order chi connectivity index (χ1) is 2.50. The summed E-state index contributed by atoms with van der Waals surface area (Å²) in [6.07, 6.45) is 3.50. The average molecular weight is 125 g/mol. The van der Waals surface area contributed by atoms with E-state index in [0.29, 0.717) is 0 Å². The molecule has 0 bridgehead atoms. The van der Waals surface area contributed by atoms with Gasteiger partial charge >= 0.3 is 0 Å². The van der Waals surface area contributed by atoms with Crippen molar-refractivity contribution < 1.29 is 16.8 Å². The molecule has 0 unspecified atom stereocenters. The number of nitrogens with zero attached hydrogens (tertiary/aromatic N) is 1. The van der Waals surface area contributed by atoms with Crippen molar-refractivity contribution >= 4 is 0 Å². The van der Waals surface area contributed by atoms with Crippen LogP contribution in [0, 0.1) is 0 Å². The number of hydrogen-bond acceptors (Lipinski definition) is 0. The summed E-state index contributed by atoms with van der Waals surface area (Å²) in [4.78, 5) is 3.72. The van der Waals surface area contributed by atoms with Gasteiger partial charge in [-0.2, -0.15) is 12.4 Å². The van der Waals surface area contributed by atoms with Crippen molar-refractivity contribution in [3.63, 3.8) is 0 Å². The molecular formula is C4H4CoN-. The van der Waals surface area contributed by atoms with E-state index in [-0.39, 0.29) is 16.8 Å². The molecule has 0 aliphatic rings. The minimum atomic E-state index is 0. The third-order valence-electron chi connectivity index (χ3n) is 0.455. The topological polar surface area (TPSA) is 14.1 Å². The van der Waals surface area contributed by atoms with Crippen LogP contribution in [-0.4, -0.2) is 0 Å². The third-order valence-corrected chi connectivity index (χ3v) is 0.455. The molecule has 1 heterocycles. The molecule has 1 aromatic heterocycles. The van der Waals surface area contributed by atoms with Crippen molar-refractivity contribution in [3.8, 4) is 0 Å². The van der Waals surface area contributed by atoms with E-state index < -0.39 is 0 Å². The molecule has 2 heteroatoms. The Morgan fingerprint density at radius 2 is 1.50 bits per heavy atom. The van der Waals surface area contributed by atoms with Crippen molar-refractivity contribution in [2.45, 2.75) is 0 Å². The fourth-order valence-corrected chi connectivity index (χ4v) is 0.248. The van der Waals surface area contributed by atoms with Crippen molar-refractivity contribution in [2.75, 3.05) is 0 Å². The molecule has 1 rings (SSSR count). The first-order valence-electron chi connectivity index (χ1n) is 1.52. The van der Waals surface area contributed by atoms with E-state index in [0.717, 1.165) is 0 Å². The molecule has 0 aliphatic carbocycles. The Balaban J connectivity index is 0.000000250. The van der Waals surface area contributed by atoms with Gasteiger partial charge in [0.2, 0.25) is 0 Å². The van der Waals surface area contributed by atoms with Gasteiger partial charge in [0.05, 0.1) is 0 Å². The van der Waals surface area contributed by atoms with E-state index in [2.05, 4.69) is 4.98 Å². The Morgan fingerprint density at radius 1 is 1.00 bits per heavy atom.